The summed E-state index contributed by atoms with van der Waals surface area (Å²) in [6.45, 7) is 7.22. The van der Waals surface area contributed by atoms with Gasteiger partial charge in [0, 0.05) is 7.26 Å². The van der Waals surface area contributed by atoms with Crippen LogP contribution in [0.1, 0.15) is 72.1 Å². The lowest BCUT2D eigenvalue weighted by Crippen LogP contribution is -3.00. The van der Waals surface area contributed by atoms with Crippen LogP contribution >= 0.6 is 7.26 Å². The number of hydrogen-bond donors (Lipinski definition) is 0. The molecule has 0 aromatic heterocycles. The van der Waals surface area contributed by atoms with Crippen molar-refractivity contribution in [3.8, 4) is 0 Å². The monoisotopic (exact) mass is 278 g/mol. The standard InChI is InChI=1S/C15H32P.ClH/c1-4-12-16(13-5-2,14-6-3)15-10-8-7-9-11-15;/h15H,4-14H2,1-3H3;1H/q+1;/p-1. The van der Waals surface area contributed by atoms with Crippen molar-refractivity contribution in [1.29, 1.82) is 0 Å². The maximum atomic E-state index is 2.41. The van der Waals surface area contributed by atoms with Crippen LogP contribution in [0.4, 0.5) is 0 Å². The van der Waals surface area contributed by atoms with Crippen molar-refractivity contribution in [1.82, 2.24) is 0 Å². The molecule has 2 heteroatoms. The fraction of sp³-hybridized carbons (Fsp3) is 1.00. The van der Waals surface area contributed by atoms with Crippen molar-refractivity contribution in [2.24, 2.45) is 0 Å². The lowest BCUT2D eigenvalue weighted by Gasteiger charge is -2.37. The first kappa shape index (κ1) is 17.7. The molecule has 1 aliphatic carbocycles. The lowest BCUT2D eigenvalue weighted by molar-refractivity contribution is -0.00000370. The van der Waals surface area contributed by atoms with Gasteiger partial charge in [-0.1, -0.05) is 27.2 Å². The molecule has 104 valence electrons. The van der Waals surface area contributed by atoms with Gasteiger partial charge in [0.2, 0.25) is 0 Å². The van der Waals surface area contributed by atoms with E-state index >= 15 is 0 Å². The molecule has 0 aromatic rings. The van der Waals surface area contributed by atoms with Gasteiger partial charge in [-0.2, -0.15) is 0 Å². The van der Waals surface area contributed by atoms with Gasteiger partial charge < -0.3 is 12.4 Å². The smallest absolute Gasteiger partial charge is 0.0697 e. The quantitative estimate of drug-likeness (QED) is 0.628. The highest BCUT2D eigenvalue weighted by Gasteiger charge is 2.43. The summed E-state index contributed by atoms with van der Waals surface area (Å²) in [5, 5.41) is 0. The molecule has 0 spiro atoms. The highest BCUT2D eigenvalue weighted by atomic mass is 35.5. The second kappa shape index (κ2) is 9.62. The first-order valence-corrected chi connectivity index (χ1v) is 10.1. The van der Waals surface area contributed by atoms with E-state index in [1.165, 1.54) is 44.2 Å². The molecule has 0 amide bonds. The Morgan fingerprint density at radius 1 is 0.765 bits per heavy atom. The van der Waals surface area contributed by atoms with Crippen LogP contribution in [0.3, 0.4) is 0 Å². The Balaban J connectivity index is 0.00000256. The van der Waals surface area contributed by atoms with Gasteiger partial charge in [-0.15, -0.1) is 0 Å². The minimum absolute atomic E-state index is 0. The van der Waals surface area contributed by atoms with Crippen molar-refractivity contribution < 1.29 is 12.4 Å². The van der Waals surface area contributed by atoms with Gasteiger partial charge in [-0.3, -0.25) is 0 Å². The molecule has 0 aromatic carbocycles. The third-order valence-corrected chi connectivity index (χ3v) is 10.4. The fourth-order valence-electron chi connectivity index (χ4n) is 3.85. The van der Waals surface area contributed by atoms with Crippen molar-refractivity contribution in [2.45, 2.75) is 77.8 Å². The third-order valence-electron chi connectivity index (χ3n) is 4.36. The topological polar surface area (TPSA) is 0 Å². The summed E-state index contributed by atoms with van der Waals surface area (Å²) in [5.41, 5.74) is 1.17. The zero-order chi connectivity index (χ0) is 11.9. The lowest BCUT2D eigenvalue weighted by atomic mass is 10.0. The van der Waals surface area contributed by atoms with Crippen LogP contribution in [-0.2, 0) is 0 Å². The van der Waals surface area contributed by atoms with Crippen molar-refractivity contribution in [2.75, 3.05) is 18.5 Å². The maximum absolute atomic E-state index is 2.41. The van der Waals surface area contributed by atoms with Crippen LogP contribution in [0.25, 0.3) is 0 Å². The Bertz CT molecular complexity index is 159. The average molecular weight is 279 g/mol. The van der Waals surface area contributed by atoms with Gasteiger partial charge in [0.25, 0.3) is 0 Å². The van der Waals surface area contributed by atoms with E-state index in [0.29, 0.717) is 0 Å². The molecule has 0 radical (unpaired) electrons. The predicted octanol–water partition coefficient (Wildman–Crippen LogP) is 2.57. The van der Waals surface area contributed by atoms with Gasteiger partial charge in [-0.05, 0) is 44.9 Å². The van der Waals surface area contributed by atoms with E-state index in [9.17, 15) is 0 Å². The van der Waals surface area contributed by atoms with E-state index < -0.39 is 7.26 Å². The van der Waals surface area contributed by atoms with E-state index in [1.54, 1.807) is 31.3 Å². The minimum Gasteiger partial charge on any atom is -1.00 e. The zero-order valence-electron chi connectivity index (χ0n) is 12.2. The summed E-state index contributed by atoms with van der Waals surface area (Å²) < 4.78 is 0. The molecule has 0 heterocycles. The molecule has 0 saturated heterocycles. The molecule has 17 heavy (non-hydrogen) atoms. The molecular weight excluding hydrogens is 247 g/mol. The third kappa shape index (κ3) is 5.07. The highest BCUT2D eigenvalue weighted by molar-refractivity contribution is 7.76. The molecule has 0 N–H and O–H groups in total. The predicted molar refractivity (Wildman–Crippen MR) is 79.3 cm³/mol. The summed E-state index contributed by atoms with van der Waals surface area (Å²) in [6.07, 6.45) is 16.8. The van der Waals surface area contributed by atoms with Gasteiger partial charge in [-0.25, -0.2) is 0 Å². The molecule has 1 fully saturated rings. The van der Waals surface area contributed by atoms with E-state index in [0.717, 1.165) is 0 Å². The Hall–Kier alpha value is 0.720. The normalized spacial score (nSPS) is 17.8. The van der Waals surface area contributed by atoms with Gasteiger partial charge >= 0.3 is 0 Å². The minimum atomic E-state index is -0.572. The summed E-state index contributed by atoms with van der Waals surface area (Å²) in [7, 11) is -0.572. The van der Waals surface area contributed by atoms with Crippen LogP contribution in [-0.4, -0.2) is 24.1 Å². The summed E-state index contributed by atoms with van der Waals surface area (Å²) in [6, 6.07) is 0. The second-order valence-electron chi connectivity index (χ2n) is 5.68. The largest absolute Gasteiger partial charge is 1.00 e. The van der Waals surface area contributed by atoms with Crippen LogP contribution in [0, 0.1) is 0 Å². The fourth-order valence-corrected chi connectivity index (χ4v) is 9.75. The number of hydrogen-bond acceptors (Lipinski definition) is 0. The number of halogens is 1. The van der Waals surface area contributed by atoms with Crippen molar-refractivity contribution >= 4 is 7.26 Å². The van der Waals surface area contributed by atoms with E-state index in [1.807, 2.05) is 0 Å². The first-order valence-electron chi connectivity index (χ1n) is 7.64. The van der Waals surface area contributed by atoms with Gasteiger partial charge in [0.15, 0.2) is 0 Å². The maximum Gasteiger partial charge on any atom is 0.0697 e. The van der Waals surface area contributed by atoms with Crippen LogP contribution in [0.2, 0.25) is 0 Å². The molecule has 0 nitrogen and oxygen atoms in total. The molecule has 0 atom stereocenters. The molecule has 0 unspecified atom stereocenters. The second-order valence-corrected chi connectivity index (χ2v) is 10.2. The first-order chi connectivity index (χ1) is 7.79. The molecule has 0 bridgehead atoms. The van der Waals surface area contributed by atoms with Crippen LogP contribution in [0.15, 0.2) is 0 Å². The van der Waals surface area contributed by atoms with E-state index in [2.05, 4.69) is 20.8 Å². The zero-order valence-corrected chi connectivity index (χ0v) is 13.8. The van der Waals surface area contributed by atoms with E-state index in [-0.39, 0.29) is 12.4 Å². The van der Waals surface area contributed by atoms with Crippen molar-refractivity contribution in [3.63, 3.8) is 0 Å². The summed E-state index contributed by atoms with van der Waals surface area (Å²) in [5.74, 6) is 0. The average Bonchev–Trinajstić information content (AvgIpc) is 2.31. The Labute approximate surface area is 116 Å². The van der Waals surface area contributed by atoms with Crippen molar-refractivity contribution in [3.05, 3.63) is 0 Å². The van der Waals surface area contributed by atoms with Gasteiger partial charge in [0.1, 0.15) is 0 Å². The van der Waals surface area contributed by atoms with Crippen LogP contribution < -0.4 is 12.4 Å². The Kier molecular flexibility index (Phi) is 10.0. The molecule has 1 rings (SSSR count). The Morgan fingerprint density at radius 3 is 1.53 bits per heavy atom. The highest BCUT2D eigenvalue weighted by Crippen LogP contribution is 2.67. The molecule has 1 saturated carbocycles. The van der Waals surface area contributed by atoms with E-state index in [4.69, 9.17) is 0 Å². The Morgan fingerprint density at radius 2 is 1.18 bits per heavy atom. The number of rotatable bonds is 7. The molecule has 1 aliphatic rings. The SMILES string of the molecule is CCC[P+](CCC)(CCC)C1CCCCC1.[Cl-]. The molecular formula is C15H32ClP. The van der Waals surface area contributed by atoms with Gasteiger partial charge in [0.05, 0.1) is 24.1 Å². The molecule has 0 aliphatic heterocycles. The summed E-state index contributed by atoms with van der Waals surface area (Å²) in [4.78, 5) is 0. The summed E-state index contributed by atoms with van der Waals surface area (Å²) >= 11 is 0. The van der Waals surface area contributed by atoms with Crippen LogP contribution in [0.5, 0.6) is 0 Å².